The van der Waals surface area contributed by atoms with Gasteiger partial charge in [-0.3, -0.25) is 34.3 Å². The summed E-state index contributed by atoms with van der Waals surface area (Å²) in [5.41, 5.74) is 0.887. The van der Waals surface area contributed by atoms with Gasteiger partial charge in [-0.1, -0.05) is 104 Å². The highest BCUT2D eigenvalue weighted by Gasteiger charge is 2.42. The van der Waals surface area contributed by atoms with Crippen molar-refractivity contribution in [2.24, 2.45) is 23.7 Å². The molecule has 59 heavy (non-hydrogen) atoms. The first kappa shape index (κ1) is 52.0. The largest absolute Gasteiger partial charge is 0.379 e. The van der Waals surface area contributed by atoms with E-state index in [0.717, 1.165) is 35.9 Å². The van der Waals surface area contributed by atoms with Gasteiger partial charge in [0.1, 0.15) is 6.04 Å². The van der Waals surface area contributed by atoms with Gasteiger partial charge in [0.25, 0.3) is 0 Å². The van der Waals surface area contributed by atoms with Crippen LogP contribution in [0.1, 0.15) is 86.6 Å². The minimum Gasteiger partial charge on any atom is -0.379 e. The molecule has 334 valence electrons. The van der Waals surface area contributed by atoms with E-state index in [1.54, 1.807) is 21.1 Å². The van der Waals surface area contributed by atoms with Crippen molar-refractivity contribution in [1.82, 2.24) is 34.7 Å². The van der Waals surface area contributed by atoms with Crippen molar-refractivity contribution in [2.45, 2.75) is 129 Å². The molecule has 8 atom stereocenters. The minimum absolute atomic E-state index is 0.0444. The molecule has 0 saturated carbocycles. The van der Waals surface area contributed by atoms with Gasteiger partial charge in [-0.2, -0.15) is 9.36 Å². The van der Waals surface area contributed by atoms with Crippen LogP contribution in [0.15, 0.2) is 35.5 Å². The smallest absolute Gasteiger partial charge is 0.249 e. The quantitative estimate of drug-likeness (QED) is 0.0994. The lowest BCUT2D eigenvalue weighted by atomic mass is 9.90. The standard InChI is InChI=1S/C39H64N8O6S2.C4H10/c1-12-25(4)33(46(8)23-40-37(51)32(24(2)3)45(6)7)30(52-9)22-31(48)47-20-16-19-29(47)34(53-10)26(5)35(49)41-28(21-27-17-14-13-15-18-27)36(50)42-38-43-39(54-11)44-55-38;1-4(2)3/h13-15,17-18,24-26,28-30,32-34H,12,16,19-23H2,1-11H3,(H,40,51)(H,41,49)(H,42,43,44,50);4H,1-3H3. The SMILES string of the molecule is CC(C)C.CCC(C)C(C(CC(=O)N1CCCC1C(OC)C(C)C(=O)NC(Cc1ccccc1)C(=O)Nc1nc(SC)ns1)OC)N(C)CNC(=O)C(C(C)C)N(C)C. The summed E-state index contributed by atoms with van der Waals surface area (Å²) < 4.78 is 16.2. The number of ether oxygens (including phenoxy) is 2. The van der Waals surface area contributed by atoms with Gasteiger partial charge >= 0.3 is 0 Å². The molecule has 3 rings (SSSR count). The van der Waals surface area contributed by atoms with Gasteiger partial charge in [0, 0.05) is 44.8 Å². The van der Waals surface area contributed by atoms with E-state index >= 15 is 0 Å². The summed E-state index contributed by atoms with van der Waals surface area (Å²) in [5.74, 6) is -0.417. The second kappa shape index (κ2) is 26.2. The molecule has 2 heterocycles. The highest BCUT2D eigenvalue weighted by molar-refractivity contribution is 7.98. The molecule has 2 aromatic rings. The van der Waals surface area contributed by atoms with Crippen molar-refractivity contribution >= 4 is 52.1 Å². The Labute approximate surface area is 362 Å². The van der Waals surface area contributed by atoms with Crippen LogP contribution in [0.4, 0.5) is 5.13 Å². The molecule has 0 bridgehead atoms. The summed E-state index contributed by atoms with van der Waals surface area (Å²) in [7, 11) is 8.94. The Bertz CT molecular complexity index is 1550. The molecule has 1 aromatic carbocycles. The minimum atomic E-state index is -0.890. The second-order valence-corrected chi connectivity index (χ2v) is 18.3. The normalized spacial score (nSPS) is 17.8. The number of anilines is 1. The first-order chi connectivity index (χ1) is 27.9. The Morgan fingerprint density at radius 3 is 2.14 bits per heavy atom. The summed E-state index contributed by atoms with van der Waals surface area (Å²) in [5, 5.41) is 9.80. The monoisotopic (exact) mass is 863 g/mol. The number of methoxy groups -OCH3 is 2. The van der Waals surface area contributed by atoms with Crippen molar-refractivity contribution in [3.63, 3.8) is 0 Å². The zero-order valence-corrected chi connectivity index (χ0v) is 39.7. The number of hydrogen-bond acceptors (Lipinski definition) is 12. The molecule has 3 N–H and O–H groups in total. The molecule has 1 fully saturated rings. The van der Waals surface area contributed by atoms with Crippen molar-refractivity contribution in [1.29, 1.82) is 0 Å². The van der Waals surface area contributed by atoms with E-state index in [1.165, 1.54) is 11.8 Å². The molecular weight excluding hydrogens is 789 g/mol. The van der Waals surface area contributed by atoms with Crippen LogP contribution >= 0.6 is 23.3 Å². The molecule has 1 aliphatic heterocycles. The van der Waals surface area contributed by atoms with Gasteiger partial charge in [0.15, 0.2) is 0 Å². The second-order valence-electron chi connectivity index (χ2n) is 16.8. The number of rotatable bonds is 22. The van der Waals surface area contributed by atoms with Crippen LogP contribution in [0.3, 0.4) is 0 Å². The number of likely N-dealkylation sites (N-methyl/N-ethyl adjacent to an activating group) is 2. The maximum atomic E-state index is 14.2. The van der Waals surface area contributed by atoms with Crippen molar-refractivity contribution in [2.75, 3.05) is 60.1 Å². The highest BCUT2D eigenvalue weighted by atomic mass is 32.2. The lowest BCUT2D eigenvalue weighted by Gasteiger charge is -2.39. The Balaban J connectivity index is 0.00000286. The fourth-order valence-corrected chi connectivity index (χ4v) is 8.82. The summed E-state index contributed by atoms with van der Waals surface area (Å²) in [6, 6.07) is 7.84. The van der Waals surface area contributed by atoms with Crippen LogP contribution in [0.2, 0.25) is 0 Å². The zero-order valence-electron chi connectivity index (χ0n) is 38.1. The van der Waals surface area contributed by atoms with E-state index in [1.807, 2.05) is 81.4 Å². The highest BCUT2D eigenvalue weighted by Crippen LogP contribution is 2.29. The molecule has 1 aromatic heterocycles. The van der Waals surface area contributed by atoms with Gasteiger partial charge in [-0.05, 0) is 63.6 Å². The number of hydrogen-bond donors (Lipinski definition) is 3. The molecule has 0 radical (unpaired) electrons. The average molecular weight is 863 g/mol. The summed E-state index contributed by atoms with van der Waals surface area (Å²) in [6.07, 6.45) is 3.50. The number of nitrogens with zero attached hydrogens (tertiary/aromatic N) is 5. The lowest BCUT2D eigenvalue weighted by Crippen LogP contribution is -2.55. The molecule has 16 heteroatoms. The Morgan fingerprint density at radius 2 is 1.61 bits per heavy atom. The van der Waals surface area contributed by atoms with Crippen LogP contribution in [0.25, 0.3) is 0 Å². The van der Waals surface area contributed by atoms with Crippen LogP contribution in [-0.4, -0.2) is 139 Å². The topological polar surface area (TPSA) is 158 Å². The third-order valence-corrected chi connectivity index (χ3v) is 12.0. The van der Waals surface area contributed by atoms with E-state index in [0.29, 0.717) is 29.9 Å². The number of nitrogens with one attached hydrogen (secondary N) is 3. The predicted octanol–water partition coefficient (Wildman–Crippen LogP) is 5.64. The number of carbonyl (C=O) groups excluding carboxylic acids is 4. The number of aromatic nitrogens is 2. The number of amides is 4. The Hall–Kier alpha value is -3.15. The number of carbonyl (C=O) groups is 4. The molecule has 1 saturated heterocycles. The molecule has 14 nitrogen and oxygen atoms in total. The van der Waals surface area contributed by atoms with Crippen LogP contribution in [-0.2, 0) is 35.1 Å². The molecular formula is C43H74N8O6S2. The van der Waals surface area contributed by atoms with E-state index in [-0.39, 0.29) is 60.5 Å². The molecule has 1 aliphatic rings. The van der Waals surface area contributed by atoms with Gasteiger partial charge in [0.05, 0.1) is 43.3 Å². The number of thioether (sulfide) groups is 1. The third kappa shape index (κ3) is 16.3. The first-order valence-corrected chi connectivity index (χ1v) is 22.9. The fraction of sp³-hybridized carbons (Fsp3) is 0.721. The zero-order chi connectivity index (χ0) is 44.4. The third-order valence-electron chi connectivity index (χ3n) is 10.7. The van der Waals surface area contributed by atoms with Crippen LogP contribution in [0, 0.1) is 23.7 Å². The Kier molecular flexibility index (Phi) is 23.1. The van der Waals surface area contributed by atoms with Crippen LogP contribution in [0.5, 0.6) is 0 Å². The van der Waals surface area contributed by atoms with Crippen molar-refractivity contribution in [3.8, 4) is 0 Å². The fourth-order valence-electron chi connectivity index (χ4n) is 7.69. The number of likely N-dealkylation sites (tertiary alicyclic amines) is 1. The van der Waals surface area contributed by atoms with E-state index in [4.69, 9.17) is 9.47 Å². The number of benzene rings is 1. The van der Waals surface area contributed by atoms with Crippen molar-refractivity contribution in [3.05, 3.63) is 35.9 Å². The summed E-state index contributed by atoms with van der Waals surface area (Å²) in [6.45, 7) is 17.4. The van der Waals surface area contributed by atoms with E-state index in [2.05, 4.69) is 64.8 Å². The van der Waals surface area contributed by atoms with E-state index in [9.17, 15) is 19.2 Å². The van der Waals surface area contributed by atoms with Gasteiger partial charge in [0.2, 0.25) is 33.9 Å². The average Bonchev–Trinajstić information content (AvgIpc) is 3.86. The van der Waals surface area contributed by atoms with Crippen molar-refractivity contribution < 1.29 is 28.7 Å². The molecule has 4 amide bonds. The lowest BCUT2D eigenvalue weighted by molar-refractivity contribution is -0.143. The molecule has 0 spiro atoms. The summed E-state index contributed by atoms with van der Waals surface area (Å²) in [4.78, 5) is 65.0. The van der Waals surface area contributed by atoms with Gasteiger partial charge in [-0.15, -0.1) is 0 Å². The Morgan fingerprint density at radius 1 is 0.966 bits per heavy atom. The molecule has 8 unspecified atom stereocenters. The summed E-state index contributed by atoms with van der Waals surface area (Å²) >= 11 is 2.46. The van der Waals surface area contributed by atoms with Crippen LogP contribution < -0.4 is 16.0 Å². The molecule has 0 aliphatic carbocycles. The van der Waals surface area contributed by atoms with Gasteiger partial charge < -0.3 is 25.0 Å². The van der Waals surface area contributed by atoms with Gasteiger partial charge in [-0.25, -0.2) is 0 Å². The maximum absolute atomic E-state index is 14.2. The maximum Gasteiger partial charge on any atom is 0.249 e. The predicted molar refractivity (Wildman–Crippen MR) is 239 cm³/mol. The van der Waals surface area contributed by atoms with E-state index < -0.39 is 30.1 Å². The first-order valence-electron chi connectivity index (χ1n) is 20.9.